The molecule has 0 saturated carbocycles. The number of hydrogen-bond donors (Lipinski definition) is 2. The highest BCUT2D eigenvalue weighted by Crippen LogP contribution is 2.20. The van der Waals surface area contributed by atoms with Crippen LogP contribution in [0.1, 0.15) is 11.5 Å². The van der Waals surface area contributed by atoms with Gasteiger partial charge < -0.3 is 9.73 Å². The van der Waals surface area contributed by atoms with Crippen LogP contribution in [0.2, 0.25) is 0 Å². The summed E-state index contributed by atoms with van der Waals surface area (Å²) in [4.78, 5) is 14.9. The van der Waals surface area contributed by atoms with Gasteiger partial charge in [0.2, 0.25) is 0 Å². The van der Waals surface area contributed by atoms with Gasteiger partial charge in [-0.25, -0.2) is 9.89 Å². The first kappa shape index (κ1) is 13.1. The van der Waals surface area contributed by atoms with E-state index in [9.17, 15) is 4.79 Å². The van der Waals surface area contributed by atoms with Gasteiger partial charge in [0.15, 0.2) is 0 Å². The van der Waals surface area contributed by atoms with E-state index in [0.29, 0.717) is 17.9 Å². The van der Waals surface area contributed by atoms with Gasteiger partial charge in [-0.2, -0.15) is 10.1 Å². The van der Waals surface area contributed by atoms with Crippen molar-refractivity contribution < 1.29 is 4.42 Å². The van der Waals surface area contributed by atoms with Crippen LogP contribution in [0.5, 0.6) is 0 Å². The lowest BCUT2D eigenvalue weighted by Gasteiger charge is -2.06. The topological polar surface area (TPSA) is 83.8 Å². The average Bonchev–Trinajstić information content (AvgIpc) is 2.99. The molecule has 106 valence electrons. The van der Waals surface area contributed by atoms with Crippen LogP contribution in [0.3, 0.4) is 0 Å². The fourth-order valence-electron chi connectivity index (χ4n) is 2.04. The first-order valence-corrected chi connectivity index (χ1v) is 6.52. The van der Waals surface area contributed by atoms with Crippen LogP contribution < -0.4 is 11.0 Å². The Morgan fingerprint density at radius 3 is 2.71 bits per heavy atom. The Kier molecular flexibility index (Phi) is 3.51. The number of hydrogen-bond acceptors (Lipinski definition) is 5. The highest BCUT2D eigenvalue weighted by Gasteiger charge is 2.05. The van der Waals surface area contributed by atoms with Gasteiger partial charge in [0.25, 0.3) is 0 Å². The summed E-state index contributed by atoms with van der Waals surface area (Å²) >= 11 is 0. The third-order valence-corrected chi connectivity index (χ3v) is 3.08. The lowest BCUT2D eigenvalue weighted by Crippen LogP contribution is -2.14. The largest absolute Gasteiger partial charge is 0.467 e. The maximum atomic E-state index is 11.1. The monoisotopic (exact) mass is 282 g/mol. The van der Waals surface area contributed by atoms with Crippen molar-refractivity contribution in [3.05, 3.63) is 64.6 Å². The Morgan fingerprint density at radius 1 is 1.24 bits per heavy atom. The van der Waals surface area contributed by atoms with E-state index < -0.39 is 5.69 Å². The van der Waals surface area contributed by atoms with Crippen LogP contribution in [0.15, 0.2) is 51.9 Å². The second kappa shape index (κ2) is 5.62. The number of anilines is 1. The summed E-state index contributed by atoms with van der Waals surface area (Å²) in [6.07, 6.45) is 1.65. The Hall–Kier alpha value is -2.89. The fourth-order valence-corrected chi connectivity index (χ4v) is 2.04. The van der Waals surface area contributed by atoms with E-state index in [2.05, 4.69) is 20.5 Å². The molecule has 0 spiro atoms. The summed E-state index contributed by atoms with van der Waals surface area (Å²) in [6.45, 7) is 2.39. The molecule has 0 radical (unpaired) electrons. The van der Waals surface area contributed by atoms with E-state index in [1.807, 2.05) is 36.4 Å². The number of nitrogens with one attached hydrogen (secondary N) is 2. The summed E-state index contributed by atoms with van der Waals surface area (Å²) in [5.41, 5.74) is 2.72. The highest BCUT2D eigenvalue weighted by atomic mass is 16.3. The summed E-state index contributed by atoms with van der Waals surface area (Å²) in [5, 5.41) is 9.64. The Morgan fingerprint density at radius 2 is 2.05 bits per heavy atom. The minimum absolute atomic E-state index is 0.437. The molecule has 2 aromatic heterocycles. The molecule has 0 bridgehead atoms. The maximum absolute atomic E-state index is 11.1. The number of benzene rings is 1. The molecular formula is C15H14N4O2. The molecule has 3 rings (SSSR count). The highest BCUT2D eigenvalue weighted by molar-refractivity contribution is 5.63. The van der Waals surface area contributed by atoms with Crippen molar-refractivity contribution >= 4 is 5.69 Å². The van der Waals surface area contributed by atoms with Crippen molar-refractivity contribution in [3.63, 3.8) is 0 Å². The fraction of sp³-hybridized carbons (Fsp3) is 0.133. The van der Waals surface area contributed by atoms with Gasteiger partial charge in [0, 0.05) is 11.3 Å². The molecule has 3 aromatic rings. The van der Waals surface area contributed by atoms with Crippen LogP contribution in [0.4, 0.5) is 5.69 Å². The standard InChI is InChI=1S/C15H14N4O2/c1-10-14(18-19-15(20)17-10)11-4-6-12(7-5-11)16-9-13-3-2-8-21-13/h2-8,16H,9H2,1H3,(H,17,19,20). The number of rotatable bonds is 4. The molecule has 2 N–H and O–H groups in total. The van der Waals surface area contributed by atoms with Gasteiger partial charge in [-0.1, -0.05) is 12.1 Å². The quantitative estimate of drug-likeness (QED) is 0.767. The number of nitrogens with zero attached hydrogens (tertiary/aromatic N) is 2. The Balaban J connectivity index is 1.75. The van der Waals surface area contributed by atoms with Crippen molar-refractivity contribution in [2.24, 2.45) is 0 Å². The maximum Gasteiger partial charge on any atom is 0.361 e. The van der Waals surface area contributed by atoms with Gasteiger partial charge in [0.05, 0.1) is 18.5 Å². The molecule has 21 heavy (non-hydrogen) atoms. The second-order valence-electron chi connectivity index (χ2n) is 4.58. The second-order valence-corrected chi connectivity index (χ2v) is 4.58. The van der Waals surface area contributed by atoms with Crippen molar-refractivity contribution in [1.82, 2.24) is 15.2 Å². The predicted octanol–water partition coefficient (Wildman–Crippen LogP) is 2.35. The molecule has 2 heterocycles. The predicted molar refractivity (Wildman–Crippen MR) is 78.9 cm³/mol. The number of aromatic nitrogens is 3. The third-order valence-electron chi connectivity index (χ3n) is 3.08. The molecule has 0 aliphatic rings. The van der Waals surface area contributed by atoms with E-state index in [1.54, 1.807) is 13.2 Å². The molecule has 0 amide bonds. The Labute approximate surface area is 120 Å². The Bertz CT molecular complexity index is 776. The van der Waals surface area contributed by atoms with Crippen molar-refractivity contribution in [1.29, 1.82) is 0 Å². The van der Waals surface area contributed by atoms with Crippen LogP contribution in [0.25, 0.3) is 11.3 Å². The molecule has 6 heteroatoms. The van der Waals surface area contributed by atoms with Crippen LogP contribution in [0, 0.1) is 6.92 Å². The number of aromatic amines is 1. The van der Waals surface area contributed by atoms with Crippen LogP contribution >= 0.6 is 0 Å². The molecule has 6 nitrogen and oxygen atoms in total. The third kappa shape index (κ3) is 3.00. The molecule has 0 unspecified atom stereocenters. The molecular weight excluding hydrogens is 268 g/mol. The summed E-state index contributed by atoms with van der Waals surface area (Å²) in [7, 11) is 0. The minimum Gasteiger partial charge on any atom is -0.467 e. The molecule has 0 atom stereocenters. The van der Waals surface area contributed by atoms with Gasteiger partial charge in [0.1, 0.15) is 11.5 Å². The lowest BCUT2D eigenvalue weighted by atomic mass is 10.1. The molecule has 0 fully saturated rings. The SMILES string of the molecule is Cc1nc(=O)[nH]nc1-c1ccc(NCc2ccco2)cc1. The normalized spacial score (nSPS) is 10.5. The summed E-state index contributed by atoms with van der Waals surface area (Å²) < 4.78 is 5.26. The summed E-state index contributed by atoms with van der Waals surface area (Å²) in [6, 6.07) is 11.5. The van der Waals surface area contributed by atoms with Gasteiger partial charge in [-0.15, -0.1) is 0 Å². The number of H-pyrrole nitrogens is 1. The zero-order chi connectivity index (χ0) is 14.7. The molecule has 0 aliphatic carbocycles. The van der Waals surface area contributed by atoms with E-state index in [-0.39, 0.29) is 0 Å². The zero-order valence-corrected chi connectivity index (χ0v) is 11.5. The van der Waals surface area contributed by atoms with Crippen molar-refractivity contribution in [3.8, 4) is 11.3 Å². The van der Waals surface area contributed by atoms with Gasteiger partial charge >= 0.3 is 5.69 Å². The van der Waals surface area contributed by atoms with E-state index in [1.165, 1.54) is 0 Å². The van der Waals surface area contributed by atoms with Crippen LogP contribution in [-0.2, 0) is 6.54 Å². The van der Waals surface area contributed by atoms with Gasteiger partial charge in [-0.3, -0.25) is 0 Å². The lowest BCUT2D eigenvalue weighted by molar-refractivity contribution is 0.518. The molecule has 0 saturated heterocycles. The first-order chi connectivity index (χ1) is 10.2. The van der Waals surface area contributed by atoms with Crippen molar-refractivity contribution in [2.75, 3.05) is 5.32 Å². The van der Waals surface area contributed by atoms with E-state index in [4.69, 9.17) is 4.42 Å². The van der Waals surface area contributed by atoms with Gasteiger partial charge in [-0.05, 0) is 31.2 Å². The molecule has 0 aliphatic heterocycles. The number of furan rings is 1. The zero-order valence-electron chi connectivity index (χ0n) is 11.5. The minimum atomic E-state index is -0.437. The number of aryl methyl sites for hydroxylation is 1. The smallest absolute Gasteiger partial charge is 0.361 e. The van der Waals surface area contributed by atoms with Crippen molar-refractivity contribution in [2.45, 2.75) is 13.5 Å². The van der Waals surface area contributed by atoms with E-state index in [0.717, 1.165) is 17.0 Å². The average molecular weight is 282 g/mol. The first-order valence-electron chi connectivity index (χ1n) is 6.52. The van der Waals surface area contributed by atoms with Crippen LogP contribution in [-0.4, -0.2) is 15.2 Å². The van der Waals surface area contributed by atoms with E-state index >= 15 is 0 Å². The molecule has 1 aromatic carbocycles. The summed E-state index contributed by atoms with van der Waals surface area (Å²) in [5.74, 6) is 0.876.